The van der Waals surface area contributed by atoms with Gasteiger partial charge in [-0.25, -0.2) is 14.2 Å². The predicted octanol–water partition coefficient (Wildman–Crippen LogP) is 3.96. The first kappa shape index (κ1) is 21.3. The summed E-state index contributed by atoms with van der Waals surface area (Å²) in [5, 5.41) is 17.9. The lowest BCUT2D eigenvalue weighted by Crippen LogP contribution is -2.22. The molecule has 1 saturated heterocycles. The first-order chi connectivity index (χ1) is 17.0. The number of hydrogen-bond donors (Lipinski definition) is 4. The lowest BCUT2D eigenvalue weighted by atomic mass is 10.1. The van der Waals surface area contributed by atoms with Crippen LogP contribution in [0.1, 0.15) is 24.0 Å². The van der Waals surface area contributed by atoms with Gasteiger partial charge < -0.3 is 16.0 Å². The van der Waals surface area contributed by atoms with Crippen LogP contribution in [-0.4, -0.2) is 32.6 Å². The summed E-state index contributed by atoms with van der Waals surface area (Å²) in [5.41, 5.74) is 3.02. The molecule has 176 valence electrons. The molecule has 0 unspecified atom stereocenters. The molecule has 0 bridgehead atoms. The molecule has 3 aromatic heterocycles. The third-order valence-corrected chi connectivity index (χ3v) is 6.67. The van der Waals surface area contributed by atoms with E-state index in [9.17, 15) is 14.0 Å². The van der Waals surface area contributed by atoms with E-state index in [0.29, 0.717) is 29.6 Å². The van der Waals surface area contributed by atoms with Crippen molar-refractivity contribution in [2.45, 2.75) is 25.4 Å². The Morgan fingerprint density at radius 3 is 2.83 bits per heavy atom. The van der Waals surface area contributed by atoms with Crippen LogP contribution in [0.15, 0.2) is 53.7 Å². The Balaban J connectivity index is 1.35. The maximum Gasteiger partial charge on any atom is 0.326 e. The minimum Gasteiger partial charge on any atom is -0.367 e. The van der Waals surface area contributed by atoms with Crippen LogP contribution < -0.4 is 21.3 Å². The fourth-order valence-electron chi connectivity index (χ4n) is 3.90. The Morgan fingerprint density at radius 2 is 2.09 bits per heavy atom. The van der Waals surface area contributed by atoms with Crippen molar-refractivity contribution < 1.29 is 14.0 Å². The number of rotatable bonds is 7. The van der Waals surface area contributed by atoms with Crippen LogP contribution in [0, 0.1) is 5.82 Å². The number of fused-ring (bicyclic) bond motifs is 1. The summed E-state index contributed by atoms with van der Waals surface area (Å²) in [6.45, 7) is 0.433. The van der Waals surface area contributed by atoms with Crippen LogP contribution in [0.2, 0.25) is 0 Å². The van der Waals surface area contributed by atoms with E-state index < -0.39 is 11.9 Å². The van der Waals surface area contributed by atoms with Crippen molar-refractivity contribution >= 4 is 46.6 Å². The minimum atomic E-state index is -0.565. The number of carbonyl (C=O) groups excluding carboxylic acids is 2. The van der Waals surface area contributed by atoms with Crippen LogP contribution in [0.5, 0.6) is 0 Å². The molecule has 1 aliphatic heterocycles. The average Bonchev–Trinajstić information content (AvgIpc) is 3.19. The van der Waals surface area contributed by atoms with Gasteiger partial charge in [-0.1, -0.05) is 12.1 Å². The SMILES string of the molecule is O=C1NC(=O)/C(=C/c2cnn3c(NC4CC4)cc(NCc4ccc(F)cc4-c4cccs4)nc23)N1. The van der Waals surface area contributed by atoms with Crippen molar-refractivity contribution in [2.24, 2.45) is 0 Å². The monoisotopic (exact) mass is 489 g/mol. The Kier molecular flexibility index (Phi) is 5.18. The molecule has 0 radical (unpaired) electrons. The summed E-state index contributed by atoms with van der Waals surface area (Å²) in [5.74, 6) is 0.578. The molecule has 0 atom stereocenters. The maximum atomic E-state index is 14.0. The molecule has 1 aromatic carbocycles. The number of urea groups is 1. The highest BCUT2D eigenvalue weighted by Gasteiger charge is 2.25. The Bertz CT molecular complexity index is 1490. The predicted molar refractivity (Wildman–Crippen MR) is 131 cm³/mol. The first-order valence-corrected chi connectivity index (χ1v) is 12.0. The van der Waals surface area contributed by atoms with Crippen molar-refractivity contribution in [3.05, 3.63) is 70.6 Å². The van der Waals surface area contributed by atoms with Crippen molar-refractivity contribution in [3.63, 3.8) is 0 Å². The van der Waals surface area contributed by atoms with Crippen molar-refractivity contribution in [2.75, 3.05) is 10.6 Å². The Morgan fingerprint density at radius 1 is 1.20 bits per heavy atom. The molecular weight excluding hydrogens is 469 g/mol. The summed E-state index contributed by atoms with van der Waals surface area (Å²) in [4.78, 5) is 29.2. The van der Waals surface area contributed by atoms with Crippen LogP contribution in [-0.2, 0) is 11.3 Å². The van der Waals surface area contributed by atoms with Gasteiger partial charge in [-0.15, -0.1) is 11.3 Å². The summed E-state index contributed by atoms with van der Waals surface area (Å²) in [6.07, 6.45) is 5.31. The largest absolute Gasteiger partial charge is 0.367 e. The zero-order valence-corrected chi connectivity index (χ0v) is 19.2. The number of nitrogens with one attached hydrogen (secondary N) is 4. The van der Waals surface area contributed by atoms with Crippen molar-refractivity contribution in [3.8, 4) is 10.4 Å². The highest BCUT2D eigenvalue weighted by atomic mass is 32.1. The zero-order valence-electron chi connectivity index (χ0n) is 18.3. The van der Waals surface area contributed by atoms with Gasteiger partial charge in [0.1, 0.15) is 23.1 Å². The minimum absolute atomic E-state index is 0.133. The van der Waals surface area contributed by atoms with E-state index in [1.807, 2.05) is 23.6 Å². The molecule has 4 heterocycles. The van der Waals surface area contributed by atoms with E-state index in [2.05, 4.69) is 26.4 Å². The molecule has 1 saturated carbocycles. The van der Waals surface area contributed by atoms with Gasteiger partial charge in [0.05, 0.1) is 6.20 Å². The highest BCUT2D eigenvalue weighted by Crippen LogP contribution is 2.31. The number of hydrogen-bond acceptors (Lipinski definition) is 7. The molecule has 1 aliphatic carbocycles. The van der Waals surface area contributed by atoms with Gasteiger partial charge in [0, 0.05) is 29.1 Å². The smallest absolute Gasteiger partial charge is 0.326 e. The lowest BCUT2D eigenvalue weighted by Gasteiger charge is -2.13. The molecule has 4 aromatic rings. The number of benzene rings is 1. The van der Waals surface area contributed by atoms with E-state index in [-0.39, 0.29) is 11.5 Å². The van der Waals surface area contributed by atoms with E-state index in [1.165, 1.54) is 6.07 Å². The first-order valence-electron chi connectivity index (χ1n) is 11.1. The zero-order chi connectivity index (χ0) is 23.9. The van der Waals surface area contributed by atoms with E-state index in [4.69, 9.17) is 4.98 Å². The molecule has 2 fully saturated rings. The second-order valence-electron chi connectivity index (χ2n) is 8.38. The number of halogens is 1. The topological polar surface area (TPSA) is 112 Å². The molecule has 2 aliphatic rings. The fourth-order valence-corrected chi connectivity index (χ4v) is 4.68. The van der Waals surface area contributed by atoms with Crippen molar-refractivity contribution in [1.82, 2.24) is 25.2 Å². The van der Waals surface area contributed by atoms with E-state index >= 15 is 0 Å². The summed E-state index contributed by atoms with van der Waals surface area (Å²) < 4.78 is 15.7. The van der Waals surface area contributed by atoms with Gasteiger partial charge in [0.2, 0.25) is 0 Å². The van der Waals surface area contributed by atoms with Gasteiger partial charge >= 0.3 is 6.03 Å². The van der Waals surface area contributed by atoms with Crippen LogP contribution in [0.4, 0.5) is 20.8 Å². The van der Waals surface area contributed by atoms with Gasteiger partial charge in [-0.2, -0.15) is 9.61 Å². The van der Waals surface area contributed by atoms with Crippen molar-refractivity contribution in [1.29, 1.82) is 0 Å². The number of aromatic nitrogens is 3. The molecule has 4 N–H and O–H groups in total. The van der Waals surface area contributed by atoms with Gasteiger partial charge in [0.15, 0.2) is 5.65 Å². The van der Waals surface area contributed by atoms with E-state index in [1.54, 1.807) is 40.3 Å². The van der Waals surface area contributed by atoms with Gasteiger partial charge in [0.25, 0.3) is 5.91 Å². The number of anilines is 2. The molecular formula is C24H20FN7O2S. The number of nitrogens with zero attached hydrogens (tertiary/aromatic N) is 3. The van der Waals surface area contributed by atoms with Gasteiger partial charge in [-0.3, -0.25) is 10.1 Å². The number of imide groups is 1. The number of amides is 3. The third kappa shape index (κ3) is 4.33. The second kappa shape index (κ2) is 8.51. The molecule has 9 nitrogen and oxygen atoms in total. The van der Waals surface area contributed by atoms with Crippen LogP contribution >= 0.6 is 11.3 Å². The molecule has 3 amide bonds. The maximum absolute atomic E-state index is 14.0. The quantitative estimate of drug-likeness (QED) is 0.231. The third-order valence-electron chi connectivity index (χ3n) is 5.77. The second-order valence-corrected chi connectivity index (χ2v) is 9.33. The Hall–Kier alpha value is -4.25. The summed E-state index contributed by atoms with van der Waals surface area (Å²) >= 11 is 1.56. The summed E-state index contributed by atoms with van der Waals surface area (Å²) in [6, 6.07) is 10.4. The number of carbonyl (C=O) groups is 2. The lowest BCUT2D eigenvalue weighted by molar-refractivity contribution is -0.115. The molecule has 35 heavy (non-hydrogen) atoms. The summed E-state index contributed by atoms with van der Waals surface area (Å²) in [7, 11) is 0. The van der Waals surface area contributed by atoms with Crippen LogP contribution in [0.25, 0.3) is 22.2 Å². The molecule has 6 rings (SSSR count). The average molecular weight is 490 g/mol. The van der Waals surface area contributed by atoms with E-state index in [0.717, 1.165) is 34.7 Å². The highest BCUT2D eigenvalue weighted by molar-refractivity contribution is 7.13. The van der Waals surface area contributed by atoms with Gasteiger partial charge in [-0.05, 0) is 53.6 Å². The standard InChI is InChI=1S/C24H20FN7O2S/c25-15-4-3-13(17(9-15)19-2-1-7-35-19)11-26-20-10-21(28-16-5-6-16)32-22(30-20)14(12-27-32)8-18-23(33)31-24(34)29-18/h1-4,7-10,12,16,28H,5-6,11H2,(H,26,30)(H2,29,31,33,34)/b18-8-. The Labute approximate surface area is 203 Å². The number of thiophene rings is 1. The van der Waals surface area contributed by atoms with Crippen LogP contribution in [0.3, 0.4) is 0 Å². The molecule has 11 heteroatoms. The normalized spacial score (nSPS) is 16.5. The fraction of sp³-hybridized carbons (Fsp3) is 0.167. The molecule has 0 spiro atoms.